The molecule has 2 heterocycles. The third-order valence-corrected chi connectivity index (χ3v) is 6.64. The Hall–Kier alpha value is -2.50. The van der Waals surface area contributed by atoms with Crippen LogP contribution in [0, 0.1) is 5.92 Å². The van der Waals surface area contributed by atoms with Crippen LogP contribution in [0.5, 0.6) is 0 Å². The molecule has 1 aromatic heterocycles. The van der Waals surface area contributed by atoms with Crippen LogP contribution >= 0.6 is 11.5 Å². The maximum atomic E-state index is 13.5. The van der Waals surface area contributed by atoms with Gasteiger partial charge in [0.05, 0.1) is 17.2 Å². The van der Waals surface area contributed by atoms with Gasteiger partial charge in [0.25, 0.3) is 5.91 Å². The van der Waals surface area contributed by atoms with Crippen LogP contribution in [-0.2, 0) is 6.54 Å². The Bertz CT molecular complexity index is 1050. The molecule has 0 radical (unpaired) electrons. The quantitative estimate of drug-likeness (QED) is 0.652. The monoisotopic (exact) mass is 404 g/mol. The largest absolute Gasteiger partial charge is 0.388 e. The molecule has 0 unspecified atom stereocenters. The average Bonchev–Trinajstić information content (AvgIpc) is 3.24. The summed E-state index contributed by atoms with van der Waals surface area (Å²) in [7, 11) is 0. The maximum Gasteiger partial charge on any atom is 0.255 e. The highest BCUT2D eigenvalue weighted by Crippen LogP contribution is 2.44. The predicted octanol–water partition coefficient (Wildman–Crippen LogP) is 4.98. The molecule has 0 spiro atoms. The van der Waals surface area contributed by atoms with Crippen molar-refractivity contribution in [3.05, 3.63) is 65.2 Å². The lowest BCUT2D eigenvalue weighted by atomic mass is 9.92. The van der Waals surface area contributed by atoms with Gasteiger partial charge < -0.3 is 10.0 Å². The van der Waals surface area contributed by atoms with Crippen LogP contribution in [0.4, 0.5) is 0 Å². The SMILES string of the molecule is CC(C)(O)[C@@H](C1CC1)N1Cc2cccc(-c3ccc(-c4cnsc4)cc3)c2C1=O. The van der Waals surface area contributed by atoms with Crippen molar-refractivity contribution in [1.29, 1.82) is 0 Å². The van der Waals surface area contributed by atoms with Crippen molar-refractivity contribution >= 4 is 17.4 Å². The van der Waals surface area contributed by atoms with Crippen LogP contribution in [-0.4, -0.2) is 31.9 Å². The van der Waals surface area contributed by atoms with E-state index in [1.807, 2.05) is 48.5 Å². The molecule has 5 heteroatoms. The number of rotatable bonds is 5. The number of carbonyl (C=O) groups is 1. The molecule has 1 aliphatic heterocycles. The fourth-order valence-electron chi connectivity index (χ4n) is 4.66. The van der Waals surface area contributed by atoms with Crippen molar-refractivity contribution in [3.63, 3.8) is 0 Å². The van der Waals surface area contributed by atoms with E-state index in [2.05, 4.69) is 28.6 Å². The van der Waals surface area contributed by atoms with Gasteiger partial charge in [0.1, 0.15) is 0 Å². The molecule has 29 heavy (non-hydrogen) atoms. The van der Waals surface area contributed by atoms with Crippen LogP contribution in [0.1, 0.15) is 42.6 Å². The van der Waals surface area contributed by atoms with Crippen LogP contribution in [0.25, 0.3) is 22.3 Å². The van der Waals surface area contributed by atoms with E-state index in [0.29, 0.717) is 12.5 Å². The number of fused-ring (bicyclic) bond motifs is 1. The van der Waals surface area contributed by atoms with E-state index in [1.54, 1.807) is 0 Å². The Kier molecular flexibility index (Phi) is 4.33. The number of aliphatic hydroxyl groups is 1. The van der Waals surface area contributed by atoms with Gasteiger partial charge >= 0.3 is 0 Å². The average molecular weight is 405 g/mol. The Morgan fingerprint density at radius 1 is 1.10 bits per heavy atom. The lowest BCUT2D eigenvalue weighted by Gasteiger charge is -2.37. The summed E-state index contributed by atoms with van der Waals surface area (Å²) in [4.78, 5) is 15.4. The fourth-order valence-corrected chi connectivity index (χ4v) is 5.21. The molecular weight excluding hydrogens is 380 g/mol. The molecule has 1 saturated carbocycles. The number of nitrogens with zero attached hydrogens (tertiary/aromatic N) is 2. The molecule has 1 aliphatic carbocycles. The van der Waals surface area contributed by atoms with Gasteiger partial charge in [-0.25, -0.2) is 4.37 Å². The number of benzene rings is 2. The number of aromatic nitrogens is 1. The summed E-state index contributed by atoms with van der Waals surface area (Å²) in [6, 6.07) is 14.3. The molecule has 1 amide bonds. The van der Waals surface area contributed by atoms with E-state index in [1.165, 1.54) is 11.5 Å². The van der Waals surface area contributed by atoms with Gasteiger partial charge in [0.15, 0.2) is 0 Å². The summed E-state index contributed by atoms with van der Waals surface area (Å²) < 4.78 is 4.17. The van der Waals surface area contributed by atoms with Gasteiger partial charge in [-0.1, -0.05) is 42.5 Å². The highest BCUT2D eigenvalue weighted by molar-refractivity contribution is 7.03. The second-order valence-corrected chi connectivity index (χ2v) is 9.36. The van der Waals surface area contributed by atoms with E-state index in [-0.39, 0.29) is 11.9 Å². The minimum atomic E-state index is -0.907. The van der Waals surface area contributed by atoms with E-state index in [4.69, 9.17) is 0 Å². The lowest BCUT2D eigenvalue weighted by Crippen LogP contribution is -2.51. The highest BCUT2D eigenvalue weighted by Gasteiger charge is 2.48. The van der Waals surface area contributed by atoms with Gasteiger partial charge in [-0.15, -0.1) is 0 Å². The van der Waals surface area contributed by atoms with Crippen molar-refractivity contribution in [2.75, 3.05) is 0 Å². The summed E-state index contributed by atoms with van der Waals surface area (Å²) in [6.07, 6.45) is 4.04. The lowest BCUT2D eigenvalue weighted by molar-refractivity contribution is -0.0224. The Morgan fingerprint density at radius 2 is 1.83 bits per heavy atom. The first-order chi connectivity index (χ1) is 13.9. The zero-order chi connectivity index (χ0) is 20.2. The molecule has 1 fully saturated rings. The molecule has 4 nitrogen and oxygen atoms in total. The van der Waals surface area contributed by atoms with Crippen molar-refractivity contribution in [1.82, 2.24) is 9.27 Å². The molecule has 3 aromatic rings. The highest BCUT2D eigenvalue weighted by atomic mass is 32.1. The zero-order valence-electron chi connectivity index (χ0n) is 16.6. The van der Waals surface area contributed by atoms with Crippen LogP contribution < -0.4 is 0 Å². The summed E-state index contributed by atoms with van der Waals surface area (Å²) in [5, 5.41) is 12.8. The van der Waals surface area contributed by atoms with Gasteiger partial charge in [0.2, 0.25) is 0 Å². The van der Waals surface area contributed by atoms with Gasteiger partial charge in [-0.05, 0) is 66.4 Å². The first kappa shape index (κ1) is 18.5. The third-order valence-electron chi connectivity index (χ3n) is 6.06. The van der Waals surface area contributed by atoms with E-state index >= 15 is 0 Å². The fraction of sp³-hybridized carbons (Fsp3) is 0.333. The van der Waals surface area contributed by atoms with Crippen molar-refractivity contribution in [3.8, 4) is 22.3 Å². The van der Waals surface area contributed by atoms with Crippen molar-refractivity contribution in [2.24, 2.45) is 5.92 Å². The second kappa shape index (κ2) is 6.78. The minimum Gasteiger partial charge on any atom is -0.388 e. The summed E-state index contributed by atoms with van der Waals surface area (Å²) in [5.74, 6) is 0.441. The molecule has 1 N–H and O–H groups in total. The van der Waals surface area contributed by atoms with Gasteiger partial charge in [-0.2, -0.15) is 0 Å². The molecule has 2 aliphatic rings. The Balaban J connectivity index is 1.50. The molecule has 0 saturated heterocycles. The Labute approximate surface area is 175 Å². The van der Waals surface area contributed by atoms with Crippen molar-refractivity contribution < 1.29 is 9.90 Å². The normalized spacial score (nSPS) is 17.5. The number of carbonyl (C=O) groups excluding carboxylic acids is 1. The molecular formula is C24H24N2O2S. The first-order valence-corrected chi connectivity index (χ1v) is 10.9. The van der Waals surface area contributed by atoms with Crippen LogP contribution in [0.15, 0.2) is 54.0 Å². The Morgan fingerprint density at radius 3 is 2.45 bits per heavy atom. The van der Waals surface area contributed by atoms with Crippen LogP contribution in [0.3, 0.4) is 0 Å². The molecule has 1 atom stereocenters. The molecule has 5 rings (SSSR count). The maximum absolute atomic E-state index is 13.5. The molecule has 148 valence electrons. The van der Waals surface area contributed by atoms with Gasteiger partial charge in [-0.3, -0.25) is 4.79 Å². The van der Waals surface area contributed by atoms with Gasteiger partial charge in [0, 0.05) is 23.7 Å². The van der Waals surface area contributed by atoms with E-state index in [0.717, 1.165) is 46.2 Å². The number of amides is 1. The first-order valence-electron chi connectivity index (χ1n) is 10.1. The second-order valence-electron chi connectivity index (χ2n) is 8.70. The zero-order valence-corrected chi connectivity index (χ0v) is 17.4. The predicted molar refractivity (Wildman–Crippen MR) is 116 cm³/mol. The minimum absolute atomic E-state index is 0.0423. The topological polar surface area (TPSA) is 53.4 Å². The summed E-state index contributed by atoms with van der Waals surface area (Å²) in [5.41, 5.74) is 5.17. The molecule has 0 bridgehead atoms. The van der Waals surface area contributed by atoms with Crippen LogP contribution in [0.2, 0.25) is 0 Å². The molecule has 2 aromatic carbocycles. The van der Waals surface area contributed by atoms with E-state index in [9.17, 15) is 9.90 Å². The third kappa shape index (κ3) is 3.28. The summed E-state index contributed by atoms with van der Waals surface area (Å²) >= 11 is 1.44. The summed E-state index contributed by atoms with van der Waals surface area (Å²) in [6.45, 7) is 4.22. The smallest absolute Gasteiger partial charge is 0.255 e. The van der Waals surface area contributed by atoms with Crippen molar-refractivity contribution in [2.45, 2.75) is 44.9 Å². The van der Waals surface area contributed by atoms with E-state index < -0.39 is 5.60 Å². The number of hydrogen-bond acceptors (Lipinski definition) is 4. The number of hydrogen-bond donors (Lipinski definition) is 1. The standard InChI is InChI=1S/C24H24N2O2S/c1-24(2,28)22(17-10-11-17)26-13-18-4-3-5-20(21(18)23(26)27)16-8-6-15(7-9-16)19-12-25-29-14-19/h3-9,12,14,17,22,28H,10-11,13H2,1-2H3/t22-/m1/s1.